The van der Waals surface area contributed by atoms with Gasteiger partial charge in [0.25, 0.3) is 0 Å². The van der Waals surface area contributed by atoms with E-state index in [4.69, 9.17) is 20.4 Å². The summed E-state index contributed by atoms with van der Waals surface area (Å²) in [6.45, 7) is 3.51. The van der Waals surface area contributed by atoms with E-state index in [1.165, 1.54) is 0 Å². The Morgan fingerprint density at radius 3 is 2.11 bits per heavy atom. The SMILES string of the molecule is C=CC(=O)OCCCO.O=C(O)CC(O)C(=O)O. The van der Waals surface area contributed by atoms with E-state index in [1.807, 2.05) is 0 Å². The minimum absolute atomic E-state index is 0.0461. The fraction of sp³-hybridized carbons (Fsp3) is 0.500. The van der Waals surface area contributed by atoms with Gasteiger partial charge in [0.15, 0.2) is 6.10 Å². The van der Waals surface area contributed by atoms with Gasteiger partial charge in [0.1, 0.15) is 0 Å². The normalized spacial score (nSPS) is 10.6. The predicted octanol–water partition coefficient (Wildman–Crippen LogP) is -0.995. The van der Waals surface area contributed by atoms with Crippen LogP contribution in [0, 0.1) is 0 Å². The van der Waals surface area contributed by atoms with Gasteiger partial charge in [0.2, 0.25) is 0 Å². The number of aliphatic hydroxyl groups excluding tert-OH is 2. The largest absolute Gasteiger partial charge is 0.481 e. The van der Waals surface area contributed by atoms with Crippen LogP contribution in [-0.2, 0) is 19.1 Å². The Morgan fingerprint density at radius 2 is 1.83 bits per heavy atom. The van der Waals surface area contributed by atoms with Crippen molar-refractivity contribution in [3.8, 4) is 0 Å². The first-order chi connectivity index (χ1) is 8.34. The average Bonchev–Trinajstić information content (AvgIpc) is 2.29. The summed E-state index contributed by atoms with van der Waals surface area (Å²) >= 11 is 0. The number of hydrogen-bond donors (Lipinski definition) is 4. The lowest BCUT2D eigenvalue weighted by atomic mass is 10.3. The van der Waals surface area contributed by atoms with Gasteiger partial charge in [0.05, 0.1) is 13.0 Å². The molecule has 0 aliphatic heterocycles. The number of carboxylic acids is 2. The minimum Gasteiger partial charge on any atom is -0.481 e. The maximum Gasteiger partial charge on any atom is 0.333 e. The summed E-state index contributed by atoms with van der Waals surface area (Å²) in [5, 5.41) is 32.4. The summed E-state index contributed by atoms with van der Waals surface area (Å²) in [5.41, 5.74) is 0. The van der Waals surface area contributed by atoms with E-state index in [9.17, 15) is 14.4 Å². The van der Waals surface area contributed by atoms with Crippen LogP contribution in [0.2, 0.25) is 0 Å². The molecule has 0 rings (SSSR count). The molecule has 0 spiro atoms. The molecule has 0 amide bonds. The molecule has 0 saturated carbocycles. The number of rotatable bonds is 7. The zero-order chi connectivity index (χ0) is 14.6. The molecular weight excluding hydrogens is 248 g/mol. The molecule has 0 saturated heterocycles. The van der Waals surface area contributed by atoms with Crippen molar-refractivity contribution >= 4 is 17.9 Å². The van der Waals surface area contributed by atoms with Crippen LogP contribution < -0.4 is 0 Å². The van der Waals surface area contributed by atoms with Gasteiger partial charge in [-0.05, 0) is 0 Å². The number of aliphatic hydroxyl groups is 2. The van der Waals surface area contributed by atoms with Crippen LogP contribution in [0.1, 0.15) is 12.8 Å². The second kappa shape index (κ2) is 11.6. The number of carbonyl (C=O) groups is 3. The van der Waals surface area contributed by atoms with Gasteiger partial charge in [-0.25, -0.2) is 9.59 Å². The summed E-state index contributed by atoms with van der Waals surface area (Å²) in [5.74, 6) is -3.29. The van der Waals surface area contributed by atoms with Gasteiger partial charge >= 0.3 is 17.9 Å². The van der Waals surface area contributed by atoms with Crippen LogP contribution in [0.15, 0.2) is 12.7 Å². The van der Waals surface area contributed by atoms with Crippen LogP contribution in [0.25, 0.3) is 0 Å². The van der Waals surface area contributed by atoms with E-state index < -0.39 is 30.4 Å². The highest BCUT2D eigenvalue weighted by Crippen LogP contribution is 1.89. The maximum atomic E-state index is 10.3. The summed E-state index contributed by atoms with van der Waals surface area (Å²) < 4.78 is 4.51. The highest BCUT2D eigenvalue weighted by Gasteiger charge is 2.16. The monoisotopic (exact) mass is 264 g/mol. The molecule has 0 radical (unpaired) electrons. The number of hydrogen-bond acceptors (Lipinski definition) is 6. The van der Waals surface area contributed by atoms with E-state index >= 15 is 0 Å². The molecule has 0 aromatic rings. The summed E-state index contributed by atoms with van der Waals surface area (Å²) in [6.07, 6.45) is -0.964. The van der Waals surface area contributed by atoms with Gasteiger partial charge in [-0.3, -0.25) is 4.79 Å². The Hall–Kier alpha value is -1.93. The molecular formula is C10H16O8. The molecule has 18 heavy (non-hydrogen) atoms. The van der Waals surface area contributed by atoms with Gasteiger partial charge in [-0.2, -0.15) is 0 Å². The van der Waals surface area contributed by atoms with Crippen molar-refractivity contribution in [3.05, 3.63) is 12.7 Å². The summed E-state index contributed by atoms with van der Waals surface area (Å²) in [4.78, 5) is 29.7. The standard InChI is InChI=1S/C6H10O3.C4H6O5/c1-2-6(8)9-5-3-4-7;5-2(4(8)9)1-3(6)7/h2,7H,1,3-5H2;2,5H,1H2,(H,6,7)(H,8,9). The molecule has 0 aromatic heterocycles. The Labute approximate surface area is 103 Å². The minimum atomic E-state index is -1.79. The van der Waals surface area contributed by atoms with Crippen molar-refractivity contribution in [1.82, 2.24) is 0 Å². The number of carboxylic acid groups (broad SMARTS) is 2. The van der Waals surface area contributed by atoms with Gasteiger partial charge in [-0.1, -0.05) is 6.58 Å². The first kappa shape index (κ1) is 18.4. The van der Waals surface area contributed by atoms with Crippen molar-refractivity contribution in [3.63, 3.8) is 0 Å². The molecule has 0 aliphatic rings. The van der Waals surface area contributed by atoms with Crippen molar-refractivity contribution in [2.45, 2.75) is 18.9 Å². The molecule has 0 aromatic carbocycles. The summed E-state index contributed by atoms with van der Waals surface area (Å²) in [6, 6.07) is 0. The van der Waals surface area contributed by atoms with Crippen LogP contribution in [0.5, 0.6) is 0 Å². The smallest absolute Gasteiger partial charge is 0.333 e. The molecule has 104 valence electrons. The molecule has 0 aliphatic carbocycles. The van der Waals surface area contributed by atoms with Crippen molar-refractivity contribution in [1.29, 1.82) is 0 Å². The van der Waals surface area contributed by atoms with Crippen LogP contribution >= 0.6 is 0 Å². The molecule has 0 heterocycles. The van der Waals surface area contributed by atoms with E-state index in [-0.39, 0.29) is 13.2 Å². The van der Waals surface area contributed by atoms with Gasteiger partial charge < -0.3 is 25.2 Å². The zero-order valence-corrected chi connectivity index (χ0v) is 9.61. The van der Waals surface area contributed by atoms with Crippen LogP contribution in [-0.4, -0.2) is 57.7 Å². The fourth-order valence-corrected chi connectivity index (χ4v) is 0.549. The summed E-state index contributed by atoms with van der Waals surface area (Å²) in [7, 11) is 0. The number of carbonyl (C=O) groups excluding carboxylic acids is 1. The van der Waals surface area contributed by atoms with E-state index in [2.05, 4.69) is 11.3 Å². The highest BCUT2D eigenvalue weighted by molar-refractivity contribution is 5.81. The molecule has 0 fully saturated rings. The third-order valence-electron chi connectivity index (χ3n) is 1.37. The number of aliphatic carboxylic acids is 2. The molecule has 1 unspecified atom stereocenters. The lowest BCUT2D eigenvalue weighted by molar-refractivity contribution is -0.152. The second-order valence-corrected chi connectivity index (χ2v) is 2.90. The Kier molecular flexibility index (Phi) is 11.8. The van der Waals surface area contributed by atoms with Crippen LogP contribution in [0.3, 0.4) is 0 Å². The van der Waals surface area contributed by atoms with E-state index in [1.54, 1.807) is 0 Å². The molecule has 1 atom stereocenters. The maximum absolute atomic E-state index is 10.3. The molecule has 8 heteroatoms. The quantitative estimate of drug-likeness (QED) is 0.261. The molecule has 4 N–H and O–H groups in total. The molecule has 0 bridgehead atoms. The van der Waals surface area contributed by atoms with E-state index in [0.717, 1.165) is 6.08 Å². The average molecular weight is 264 g/mol. The Bertz CT molecular complexity index is 286. The van der Waals surface area contributed by atoms with Crippen molar-refractivity contribution < 1.29 is 39.5 Å². The Balaban J connectivity index is 0. The number of ether oxygens (including phenoxy) is 1. The zero-order valence-electron chi connectivity index (χ0n) is 9.61. The fourth-order valence-electron chi connectivity index (χ4n) is 0.549. The predicted molar refractivity (Wildman–Crippen MR) is 58.8 cm³/mol. The lowest BCUT2D eigenvalue weighted by Crippen LogP contribution is -2.22. The van der Waals surface area contributed by atoms with Gasteiger partial charge in [0, 0.05) is 19.1 Å². The first-order valence-electron chi connectivity index (χ1n) is 4.87. The second-order valence-electron chi connectivity index (χ2n) is 2.90. The third kappa shape index (κ3) is 14.1. The van der Waals surface area contributed by atoms with E-state index in [0.29, 0.717) is 6.42 Å². The Morgan fingerprint density at radius 1 is 1.28 bits per heavy atom. The van der Waals surface area contributed by atoms with Crippen LogP contribution in [0.4, 0.5) is 0 Å². The number of esters is 1. The topological polar surface area (TPSA) is 141 Å². The lowest BCUT2D eigenvalue weighted by Gasteiger charge is -1.97. The van der Waals surface area contributed by atoms with Crippen molar-refractivity contribution in [2.24, 2.45) is 0 Å². The van der Waals surface area contributed by atoms with Gasteiger partial charge in [-0.15, -0.1) is 0 Å². The highest BCUT2D eigenvalue weighted by atomic mass is 16.5. The molecule has 8 nitrogen and oxygen atoms in total. The first-order valence-corrected chi connectivity index (χ1v) is 4.87. The van der Waals surface area contributed by atoms with Crippen molar-refractivity contribution in [2.75, 3.05) is 13.2 Å². The third-order valence-corrected chi connectivity index (χ3v) is 1.37.